The van der Waals surface area contributed by atoms with Crippen molar-refractivity contribution in [3.05, 3.63) is 30.2 Å². The zero-order chi connectivity index (χ0) is 16.6. The van der Waals surface area contributed by atoms with Gasteiger partial charge in [-0.2, -0.15) is 10.2 Å². The molecule has 122 valence electrons. The zero-order valence-corrected chi connectivity index (χ0v) is 14.0. The van der Waals surface area contributed by atoms with E-state index in [-0.39, 0.29) is 4.90 Å². The van der Waals surface area contributed by atoms with E-state index >= 15 is 0 Å². The Labute approximate surface area is 134 Å². The Morgan fingerprint density at radius 2 is 2.13 bits per heavy atom. The zero-order valence-electron chi connectivity index (χ0n) is 13.2. The summed E-state index contributed by atoms with van der Waals surface area (Å²) < 4.78 is 31.0. The van der Waals surface area contributed by atoms with Crippen molar-refractivity contribution in [3.8, 4) is 0 Å². The molecule has 9 heteroatoms. The molecule has 3 rings (SSSR count). The first-order valence-electron chi connectivity index (χ1n) is 7.26. The summed E-state index contributed by atoms with van der Waals surface area (Å²) in [6, 6.07) is 3.22. The number of anilines is 1. The van der Waals surface area contributed by atoms with Gasteiger partial charge in [-0.3, -0.25) is 9.40 Å². The van der Waals surface area contributed by atoms with Gasteiger partial charge in [0.05, 0.1) is 11.9 Å². The van der Waals surface area contributed by atoms with Gasteiger partial charge >= 0.3 is 0 Å². The van der Waals surface area contributed by atoms with Gasteiger partial charge in [-0.15, -0.1) is 0 Å². The molecule has 3 aromatic heterocycles. The average Bonchev–Trinajstić information content (AvgIpc) is 3.04. The summed E-state index contributed by atoms with van der Waals surface area (Å²) >= 11 is 0. The fraction of sp³-hybridized carbons (Fsp3) is 0.357. The maximum absolute atomic E-state index is 12.6. The molecule has 8 nitrogen and oxygen atoms in total. The third kappa shape index (κ3) is 2.79. The lowest BCUT2D eigenvalue weighted by Crippen LogP contribution is -2.16. The second-order valence-electron chi connectivity index (χ2n) is 5.30. The normalized spacial score (nSPS) is 12.0. The predicted octanol–water partition coefficient (Wildman–Crippen LogP) is 1.68. The molecule has 23 heavy (non-hydrogen) atoms. The van der Waals surface area contributed by atoms with Crippen molar-refractivity contribution in [1.82, 2.24) is 24.5 Å². The molecule has 0 atom stereocenters. The average molecular weight is 334 g/mol. The quantitative estimate of drug-likeness (QED) is 0.766. The number of nitrogens with one attached hydrogen (secondary N) is 1. The lowest BCUT2D eigenvalue weighted by Gasteiger charge is -2.10. The van der Waals surface area contributed by atoms with E-state index < -0.39 is 10.0 Å². The molecule has 0 saturated carbocycles. The molecule has 0 aliphatic carbocycles. The summed E-state index contributed by atoms with van der Waals surface area (Å²) in [5, 5.41) is 9.08. The van der Waals surface area contributed by atoms with Gasteiger partial charge in [0, 0.05) is 31.2 Å². The molecule has 0 saturated heterocycles. The van der Waals surface area contributed by atoms with Gasteiger partial charge in [-0.25, -0.2) is 18.1 Å². The Morgan fingerprint density at radius 1 is 1.35 bits per heavy atom. The summed E-state index contributed by atoms with van der Waals surface area (Å²) in [7, 11) is -1.96. The van der Waals surface area contributed by atoms with Crippen LogP contribution in [-0.4, -0.2) is 33.0 Å². The Balaban J connectivity index is 1.99. The molecule has 0 amide bonds. The van der Waals surface area contributed by atoms with E-state index in [1.807, 2.05) is 13.8 Å². The van der Waals surface area contributed by atoms with Crippen molar-refractivity contribution >= 4 is 26.9 Å². The molecular formula is C14H18N6O2S. The second kappa shape index (κ2) is 5.65. The maximum Gasteiger partial charge on any atom is 0.264 e. The fourth-order valence-electron chi connectivity index (χ4n) is 2.44. The minimum atomic E-state index is -3.73. The number of sulfonamides is 1. The molecular weight excluding hydrogens is 316 g/mol. The number of nitrogens with zero attached hydrogens (tertiary/aromatic N) is 5. The number of hydrogen-bond donors (Lipinski definition) is 1. The van der Waals surface area contributed by atoms with Crippen molar-refractivity contribution < 1.29 is 8.42 Å². The van der Waals surface area contributed by atoms with Crippen LogP contribution in [0.4, 0.5) is 5.82 Å². The summed E-state index contributed by atoms with van der Waals surface area (Å²) in [5.74, 6) is 0.440. The molecule has 0 bridgehead atoms. The molecule has 0 aliphatic rings. The van der Waals surface area contributed by atoms with Crippen LogP contribution in [0.2, 0.25) is 0 Å². The van der Waals surface area contributed by atoms with Gasteiger partial charge in [0.25, 0.3) is 10.0 Å². The predicted molar refractivity (Wildman–Crippen MR) is 86.6 cm³/mol. The van der Waals surface area contributed by atoms with Crippen LogP contribution in [0.1, 0.15) is 19.0 Å². The van der Waals surface area contributed by atoms with Crippen molar-refractivity contribution in [1.29, 1.82) is 0 Å². The highest BCUT2D eigenvalue weighted by molar-refractivity contribution is 7.92. The number of rotatable bonds is 5. The first-order valence-corrected chi connectivity index (χ1v) is 8.74. The fourth-order valence-corrected chi connectivity index (χ4v) is 3.47. The van der Waals surface area contributed by atoms with E-state index in [2.05, 4.69) is 19.9 Å². The molecule has 3 heterocycles. The molecule has 0 aromatic carbocycles. The molecule has 0 aliphatic heterocycles. The SMILES string of the molecule is CCCn1nccc1NS(=O)(=O)c1cnc2c(c1)c(C)nn2C. The summed E-state index contributed by atoms with van der Waals surface area (Å²) in [6.45, 7) is 4.47. The Morgan fingerprint density at radius 3 is 2.87 bits per heavy atom. The number of hydrogen-bond acceptors (Lipinski definition) is 5. The molecule has 1 N–H and O–H groups in total. The number of aryl methyl sites for hydroxylation is 3. The second-order valence-corrected chi connectivity index (χ2v) is 6.98. The van der Waals surface area contributed by atoms with E-state index in [9.17, 15) is 8.42 Å². The van der Waals surface area contributed by atoms with Gasteiger partial charge < -0.3 is 0 Å². The van der Waals surface area contributed by atoms with Crippen molar-refractivity contribution in [3.63, 3.8) is 0 Å². The monoisotopic (exact) mass is 334 g/mol. The van der Waals surface area contributed by atoms with E-state index in [0.29, 0.717) is 18.0 Å². The first-order chi connectivity index (χ1) is 10.9. The van der Waals surface area contributed by atoms with Crippen LogP contribution in [0.3, 0.4) is 0 Å². The molecule has 3 aromatic rings. The Kier molecular flexibility index (Phi) is 3.80. The van der Waals surface area contributed by atoms with Crippen LogP contribution < -0.4 is 4.72 Å². The Bertz CT molecular complexity index is 957. The third-order valence-electron chi connectivity index (χ3n) is 3.54. The summed E-state index contributed by atoms with van der Waals surface area (Å²) in [6.07, 6.45) is 3.77. The van der Waals surface area contributed by atoms with Crippen LogP contribution in [0, 0.1) is 6.92 Å². The molecule has 0 radical (unpaired) electrons. The van der Waals surface area contributed by atoms with Gasteiger partial charge in [0.15, 0.2) is 5.65 Å². The first kappa shape index (κ1) is 15.5. The van der Waals surface area contributed by atoms with Gasteiger partial charge in [0.1, 0.15) is 10.7 Å². The minimum absolute atomic E-state index is 0.102. The summed E-state index contributed by atoms with van der Waals surface area (Å²) in [4.78, 5) is 4.32. The van der Waals surface area contributed by atoms with Crippen LogP contribution in [0.25, 0.3) is 11.0 Å². The third-order valence-corrected chi connectivity index (χ3v) is 4.86. The van der Waals surface area contributed by atoms with E-state index in [4.69, 9.17) is 0 Å². The Hall–Kier alpha value is -2.42. The van der Waals surface area contributed by atoms with Crippen LogP contribution in [0.15, 0.2) is 29.4 Å². The smallest absolute Gasteiger partial charge is 0.264 e. The number of aromatic nitrogens is 5. The number of pyridine rings is 1. The van der Waals surface area contributed by atoms with Crippen molar-refractivity contribution in [2.45, 2.75) is 31.7 Å². The standard InChI is InChI=1S/C14H18N6O2S/c1-4-7-20-13(5-6-16-20)18-23(21,22)11-8-12-10(2)17-19(3)14(12)15-9-11/h5-6,8-9,18H,4,7H2,1-3H3. The highest BCUT2D eigenvalue weighted by atomic mass is 32.2. The summed E-state index contributed by atoms with van der Waals surface area (Å²) in [5.41, 5.74) is 1.39. The highest BCUT2D eigenvalue weighted by Gasteiger charge is 2.19. The molecule has 0 unspecified atom stereocenters. The molecule has 0 spiro atoms. The minimum Gasteiger partial charge on any atom is -0.264 e. The topological polar surface area (TPSA) is 94.7 Å². The number of fused-ring (bicyclic) bond motifs is 1. The van der Waals surface area contributed by atoms with E-state index in [1.54, 1.807) is 34.7 Å². The van der Waals surface area contributed by atoms with Gasteiger partial charge in [0.2, 0.25) is 0 Å². The van der Waals surface area contributed by atoms with E-state index in [0.717, 1.165) is 17.5 Å². The van der Waals surface area contributed by atoms with Gasteiger partial charge in [-0.05, 0) is 19.4 Å². The molecule has 0 fully saturated rings. The van der Waals surface area contributed by atoms with Crippen LogP contribution in [0.5, 0.6) is 0 Å². The highest BCUT2D eigenvalue weighted by Crippen LogP contribution is 2.21. The van der Waals surface area contributed by atoms with Crippen LogP contribution in [-0.2, 0) is 23.6 Å². The van der Waals surface area contributed by atoms with E-state index in [1.165, 1.54) is 6.20 Å². The van der Waals surface area contributed by atoms with Crippen LogP contribution >= 0.6 is 0 Å². The lowest BCUT2D eigenvalue weighted by molar-refractivity contribution is 0.593. The van der Waals surface area contributed by atoms with Gasteiger partial charge in [-0.1, -0.05) is 6.92 Å². The van der Waals surface area contributed by atoms with Crippen molar-refractivity contribution in [2.75, 3.05) is 4.72 Å². The van der Waals surface area contributed by atoms with Crippen molar-refractivity contribution in [2.24, 2.45) is 7.05 Å². The maximum atomic E-state index is 12.6. The lowest BCUT2D eigenvalue weighted by atomic mass is 10.3. The largest absolute Gasteiger partial charge is 0.264 e.